The molecule has 0 bridgehead atoms. The zero-order valence-electron chi connectivity index (χ0n) is 11.4. The number of rotatable bonds is 1. The van der Waals surface area contributed by atoms with E-state index in [1.54, 1.807) is 0 Å². The fourth-order valence-electron chi connectivity index (χ4n) is 3.15. The van der Waals surface area contributed by atoms with Gasteiger partial charge in [0.05, 0.1) is 12.0 Å². The van der Waals surface area contributed by atoms with Gasteiger partial charge in [0.15, 0.2) is 0 Å². The Kier molecular flexibility index (Phi) is 3.54. The summed E-state index contributed by atoms with van der Waals surface area (Å²) < 4.78 is 1.00. The van der Waals surface area contributed by atoms with E-state index in [2.05, 4.69) is 21.2 Å². The molecular formula is C15H17BrN2O2. The maximum absolute atomic E-state index is 12.7. The molecule has 1 aromatic carbocycles. The molecule has 2 fully saturated rings. The van der Waals surface area contributed by atoms with Gasteiger partial charge in [0.2, 0.25) is 5.91 Å². The van der Waals surface area contributed by atoms with Crippen molar-refractivity contribution in [2.75, 3.05) is 13.1 Å². The Morgan fingerprint density at radius 1 is 1.45 bits per heavy atom. The van der Waals surface area contributed by atoms with Crippen LogP contribution in [0.5, 0.6) is 0 Å². The first-order chi connectivity index (χ1) is 9.58. The Labute approximate surface area is 126 Å². The lowest BCUT2D eigenvalue weighted by molar-refractivity contribution is -0.123. The molecule has 2 heterocycles. The number of halogens is 1. The van der Waals surface area contributed by atoms with E-state index in [4.69, 9.17) is 0 Å². The maximum atomic E-state index is 12.7. The smallest absolute Gasteiger partial charge is 0.254 e. The third kappa shape index (κ3) is 2.24. The number of nitrogens with zero attached hydrogens (tertiary/aromatic N) is 1. The highest BCUT2D eigenvalue weighted by Crippen LogP contribution is 2.29. The first-order valence-electron chi connectivity index (χ1n) is 6.93. The minimum Gasteiger partial charge on any atom is -0.354 e. The van der Waals surface area contributed by atoms with Gasteiger partial charge in [-0.15, -0.1) is 0 Å². The van der Waals surface area contributed by atoms with Crippen LogP contribution in [0.25, 0.3) is 0 Å². The Hall–Kier alpha value is -1.36. The molecule has 106 valence electrons. The second-order valence-corrected chi connectivity index (χ2v) is 6.38. The number of amides is 2. The molecule has 0 aromatic heterocycles. The lowest BCUT2D eigenvalue weighted by atomic mass is 9.91. The average molecular weight is 337 g/mol. The Bertz CT molecular complexity index is 573. The third-order valence-electron chi connectivity index (χ3n) is 4.27. The number of hydrogen-bond donors (Lipinski definition) is 1. The summed E-state index contributed by atoms with van der Waals surface area (Å²) in [6.07, 6.45) is 1.79. The number of hydrogen-bond acceptors (Lipinski definition) is 2. The molecular weight excluding hydrogens is 320 g/mol. The monoisotopic (exact) mass is 336 g/mol. The summed E-state index contributed by atoms with van der Waals surface area (Å²) in [7, 11) is 0. The topological polar surface area (TPSA) is 49.4 Å². The first kappa shape index (κ1) is 13.6. The molecule has 2 saturated heterocycles. The van der Waals surface area contributed by atoms with E-state index in [0.717, 1.165) is 29.4 Å². The van der Waals surface area contributed by atoms with E-state index in [1.165, 1.54) is 0 Å². The maximum Gasteiger partial charge on any atom is 0.254 e. The summed E-state index contributed by atoms with van der Waals surface area (Å²) in [4.78, 5) is 26.3. The Morgan fingerprint density at radius 2 is 2.25 bits per heavy atom. The molecule has 0 aliphatic carbocycles. The van der Waals surface area contributed by atoms with Crippen molar-refractivity contribution in [1.29, 1.82) is 0 Å². The molecule has 0 unspecified atom stereocenters. The number of likely N-dealkylation sites (tertiary alicyclic amines) is 1. The lowest BCUT2D eigenvalue weighted by Crippen LogP contribution is -2.48. The number of nitrogens with one attached hydrogen (secondary N) is 1. The van der Waals surface area contributed by atoms with Crippen LogP contribution < -0.4 is 5.32 Å². The minimum absolute atomic E-state index is 0.0210. The molecule has 0 radical (unpaired) electrons. The lowest BCUT2D eigenvalue weighted by Gasteiger charge is -2.36. The van der Waals surface area contributed by atoms with Gasteiger partial charge in [-0.25, -0.2) is 0 Å². The van der Waals surface area contributed by atoms with Crippen LogP contribution in [-0.4, -0.2) is 35.8 Å². The van der Waals surface area contributed by atoms with Gasteiger partial charge in [-0.3, -0.25) is 9.59 Å². The van der Waals surface area contributed by atoms with Gasteiger partial charge in [0, 0.05) is 23.1 Å². The van der Waals surface area contributed by atoms with Gasteiger partial charge in [0.1, 0.15) is 0 Å². The van der Waals surface area contributed by atoms with Crippen molar-refractivity contribution in [3.05, 3.63) is 33.8 Å². The number of benzene rings is 1. The molecule has 5 heteroatoms. The van der Waals surface area contributed by atoms with Crippen molar-refractivity contribution in [1.82, 2.24) is 10.2 Å². The number of piperidine rings is 1. The highest BCUT2D eigenvalue weighted by molar-refractivity contribution is 9.10. The molecule has 2 amide bonds. The van der Waals surface area contributed by atoms with E-state index >= 15 is 0 Å². The fourth-order valence-corrected chi connectivity index (χ4v) is 3.39. The van der Waals surface area contributed by atoms with E-state index < -0.39 is 0 Å². The Morgan fingerprint density at radius 3 is 3.00 bits per heavy atom. The fraction of sp³-hybridized carbons (Fsp3) is 0.467. The van der Waals surface area contributed by atoms with Gasteiger partial charge in [-0.2, -0.15) is 0 Å². The second kappa shape index (κ2) is 5.20. The van der Waals surface area contributed by atoms with Crippen molar-refractivity contribution >= 4 is 27.7 Å². The van der Waals surface area contributed by atoms with E-state index in [0.29, 0.717) is 12.1 Å². The van der Waals surface area contributed by atoms with Crippen LogP contribution in [0.4, 0.5) is 0 Å². The van der Waals surface area contributed by atoms with E-state index in [-0.39, 0.29) is 23.8 Å². The first-order valence-corrected chi connectivity index (χ1v) is 7.72. The molecule has 4 nitrogen and oxygen atoms in total. The van der Waals surface area contributed by atoms with Crippen LogP contribution in [0.15, 0.2) is 22.7 Å². The van der Waals surface area contributed by atoms with Crippen LogP contribution in [0.2, 0.25) is 0 Å². The zero-order chi connectivity index (χ0) is 14.3. The van der Waals surface area contributed by atoms with E-state index in [9.17, 15) is 9.59 Å². The van der Waals surface area contributed by atoms with Crippen LogP contribution in [0.3, 0.4) is 0 Å². The quantitative estimate of drug-likeness (QED) is 0.853. The SMILES string of the molecule is Cc1cc(C(=O)N2CCC[C@H]3C(=O)NC[C@H]32)ccc1Br. The van der Waals surface area contributed by atoms with Gasteiger partial charge in [-0.05, 0) is 43.5 Å². The van der Waals surface area contributed by atoms with Gasteiger partial charge >= 0.3 is 0 Å². The van der Waals surface area contributed by atoms with Crippen molar-refractivity contribution in [2.45, 2.75) is 25.8 Å². The van der Waals surface area contributed by atoms with Crippen molar-refractivity contribution in [3.63, 3.8) is 0 Å². The largest absolute Gasteiger partial charge is 0.354 e. The molecule has 20 heavy (non-hydrogen) atoms. The molecule has 0 spiro atoms. The summed E-state index contributed by atoms with van der Waals surface area (Å²) in [6, 6.07) is 5.67. The van der Waals surface area contributed by atoms with Gasteiger partial charge in [0.25, 0.3) is 5.91 Å². The molecule has 1 N–H and O–H groups in total. The number of carbonyl (C=O) groups is 2. The molecule has 2 aliphatic rings. The van der Waals surface area contributed by atoms with Crippen LogP contribution in [0, 0.1) is 12.8 Å². The third-order valence-corrected chi connectivity index (χ3v) is 5.16. The molecule has 3 rings (SSSR count). The normalized spacial score (nSPS) is 25.3. The molecule has 2 atom stereocenters. The Balaban J connectivity index is 1.86. The van der Waals surface area contributed by atoms with Crippen LogP contribution >= 0.6 is 15.9 Å². The van der Waals surface area contributed by atoms with Crippen LogP contribution in [0.1, 0.15) is 28.8 Å². The highest BCUT2D eigenvalue weighted by Gasteiger charge is 2.42. The predicted molar refractivity (Wildman–Crippen MR) is 79.4 cm³/mol. The van der Waals surface area contributed by atoms with Gasteiger partial charge in [-0.1, -0.05) is 15.9 Å². The summed E-state index contributed by atoms with van der Waals surface area (Å²) in [5, 5.41) is 2.88. The molecule has 1 aromatic rings. The standard InChI is InChI=1S/C15H17BrN2O2/c1-9-7-10(4-5-12(9)16)15(20)18-6-2-3-11-13(18)8-17-14(11)19/h4-5,7,11,13H,2-3,6,8H2,1H3,(H,17,19)/t11-,13-/m1/s1. The second-order valence-electron chi connectivity index (χ2n) is 5.52. The highest BCUT2D eigenvalue weighted by atomic mass is 79.9. The predicted octanol–water partition coefficient (Wildman–Crippen LogP) is 2.11. The summed E-state index contributed by atoms with van der Waals surface area (Å²) >= 11 is 3.45. The number of carbonyl (C=O) groups excluding carboxylic acids is 2. The van der Waals surface area contributed by atoms with Crippen LogP contribution in [-0.2, 0) is 4.79 Å². The number of fused-ring (bicyclic) bond motifs is 1. The minimum atomic E-state index is -0.0238. The molecule has 2 aliphatic heterocycles. The van der Waals surface area contributed by atoms with Crippen molar-refractivity contribution < 1.29 is 9.59 Å². The van der Waals surface area contributed by atoms with E-state index in [1.807, 2.05) is 30.0 Å². The summed E-state index contributed by atoms with van der Waals surface area (Å²) in [5.74, 6) is 0.107. The van der Waals surface area contributed by atoms with Crippen molar-refractivity contribution in [2.24, 2.45) is 5.92 Å². The number of aryl methyl sites for hydroxylation is 1. The van der Waals surface area contributed by atoms with Gasteiger partial charge < -0.3 is 10.2 Å². The molecule has 0 saturated carbocycles. The summed E-state index contributed by atoms with van der Waals surface area (Å²) in [5.41, 5.74) is 1.75. The average Bonchev–Trinajstić information content (AvgIpc) is 2.83. The van der Waals surface area contributed by atoms with Crippen molar-refractivity contribution in [3.8, 4) is 0 Å². The summed E-state index contributed by atoms with van der Waals surface area (Å²) in [6.45, 7) is 3.30. The zero-order valence-corrected chi connectivity index (χ0v) is 12.9.